The van der Waals surface area contributed by atoms with E-state index in [0.717, 1.165) is 0 Å². The van der Waals surface area contributed by atoms with Crippen molar-refractivity contribution in [2.24, 2.45) is 17.6 Å². The van der Waals surface area contributed by atoms with E-state index in [1.807, 2.05) is 27.7 Å². The van der Waals surface area contributed by atoms with Crippen molar-refractivity contribution < 1.29 is 8.78 Å². The first-order valence-electron chi connectivity index (χ1n) is 4.85. The predicted molar refractivity (Wildman–Crippen MR) is 51.8 cm³/mol. The molecule has 0 aliphatic rings. The molecule has 0 aliphatic carbocycles. The Morgan fingerprint density at radius 1 is 1.00 bits per heavy atom. The van der Waals surface area contributed by atoms with Crippen LogP contribution in [0, 0.1) is 11.8 Å². The van der Waals surface area contributed by atoms with Gasteiger partial charge in [-0.1, -0.05) is 27.7 Å². The maximum atomic E-state index is 12.7. The van der Waals surface area contributed by atoms with E-state index in [-0.39, 0.29) is 11.8 Å². The van der Waals surface area contributed by atoms with Crippen molar-refractivity contribution in [3.63, 3.8) is 0 Å². The van der Waals surface area contributed by atoms with Crippen LogP contribution in [-0.4, -0.2) is 12.0 Å². The van der Waals surface area contributed by atoms with Gasteiger partial charge in [-0.05, 0) is 24.7 Å². The number of rotatable bonds is 5. The van der Waals surface area contributed by atoms with Gasteiger partial charge in [0.05, 0.1) is 5.54 Å². The summed E-state index contributed by atoms with van der Waals surface area (Å²) in [6.45, 7) is 7.68. The Bertz CT molecular complexity index is 134. The zero-order chi connectivity index (χ0) is 10.6. The lowest BCUT2D eigenvalue weighted by molar-refractivity contribution is 0.0288. The largest absolute Gasteiger partial charge is 0.320 e. The summed E-state index contributed by atoms with van der Waals surface area (Å²) in [5.41, 5.74) is 4.40. The first-order chi connectivity index (χ1) is 5.78. The highest BCUT2D eigenvalue weighted by Gasteiger charge is 2.36. The second-order valence-corrected chi connectivity index (χ2v) is 4.73. The molecule has 0 aromatic heterocycles. The van der Waals surface area contributed by atoms with Crippen LogP contribution in [0.4, 0.5) is 8.78 Å². The highest BCUT2D eigenvalue weighted by Crippen LogP contribution is 2.28. The lowest BCUT2D eigenvalue weighted by Crippen LogP contribution is -2.49. The molecule has 0 aliphatic heterocycles. The van der Waals surface area contributed by atoms with Crippen molar-refractivity contribution >= 4 is 0 Å². The van der Waals surface area contributed by atoms with E-state index in [2.05, 4.69) is 0 Å². The molecule has 0 aromatic rings. The maximum Gasteiger partial charge on any atom is 0.256 e. The average Bonchev–Trinajstić information content (AvgIpc) is 1.82. The Morgan fingerprint density at radius 3 is 1.46 bits per heavy atom. The summed E-state index contributed by atoms with van der Waals surface area (Å²) in [4.78, 5) is 0. The Balaban J connectivity index is 4.34. The molecule has 0 radical (unpaired) electrons. The van der Waals surface area contributed by atoms with Gasteiger partial charge in [-0.3, -0.25) is 0 Å². The summed E-state index contributed by atoms with van der Waals surface area (Å²) in [6.07, 6.45) is -1.64. The van der Waals surface area contributed by atoms with Crippen LogP contribution in [0.2, 0.25) is 0 Å². The smallest absolute Gasteiger partial charge is 0.256 e. The summed E-state index contributed by atoms with van der Waals surface area (Å²) < 4.78 is 25.4. The van der Waals surface area contributed by atoms with E-state index in [0.29, 0.717) is 12.8 Å². The van der Waals surface area contributed by atoms with Gasteiger partial charge in [0.25, 0.3) is 6.43 Å². The normalized spacial score (nSPS) is 13.4. The molecule has 0 aromatic carbocycles. The average molecular weight is 193 g/mol. The van der Waals surface area contributed by atoms with E-state index in [9.17, 15) is 8.78 Å². The summed E-state index contributed by atoms with van der Waals surface area (Å²) in [7, 11) is 0. The molecule has 0 fully saturated rings. The van der Waals surface area contributed by atoms with Gasteiger partial charge in [0.15, 0.2) is 0 Å². The first kappa shape index (κ1) is 12.8. The van der Waals surface area contributed by atoms with Crippen molar-refractivity contribution in [3.8, 4) is 0 Å². The maximum absolute atomic E-state index is 12.7. The quantitative estimate of drug-likeness (QED) is 0.713. The number of alkyl halides is 2. The molecule has 0 unspecified atom stereocenters. The van der Waals surface area contributed by atoms with E-state index in [1.54, 1.807) is 0 Å². The van der Waals surface area contributed by atoms with Gasteiger partial charge in [-0.15, -0.1) is 0 Å². The summed E-state index contributed by atoms with van der Waals surface area (Å²) >= 11 is 0. The Hall–Kier alpha value is -0.180. The molecule has 0 rings (SSSR count). The van der Waals surface area contributed by atoms with Gasteiger partial charge >= 0.3 is 0 Å². The fraction of sp³-hybridized carbons (Fsp3) is 1.00. The molecule has 0 spiro atoms. The number of hydrogen-bond acceptors (Lipinski definition) is 1. The predicted octanol–water partition coefficient (Wildman–Crippen LogP) is 3.04. The molecular weight excluding hydrogens is 172 g/mol. The molecule has 0 saturated heterocycles. The third-order valence-corrected chi connectivity index (χ3v) is 2.01. The van der Waals surface area contributed by atoms with E-state index >= 15 is 0 Å². The molecule has 2 N–H and O–H groups in total. The van der Waals surface area contributed by atoms with Crippen LogP contribution in [0.5, 0.6) is 0 Å². The van der Waals surface area contributed by atoms with Gasteiger partial charge in [0.1, 0.15) is 0 Å². The zero-order valence-corrected chi connectivity index (χ0v) is 8.98. The summed E-state index contributed by atoms with van der Waals surface area (Å²) in [6, 6.07) is 0. The second-order valence-electron chi connectivity index (χ2n) is 4.73. The number of hydrogen-bond donors (Lipinski definition) is 1. The van der Waals surface area contributed by atoms with E-state index in [1.165, 1.54) is 0 Å². The van der Waals surface area contributed by atoms with Crippen LogP contribution in [-0.2, 0) is 0 Å². The van der Waals surface area contributed by atoms with Crippen LogP contribution < -0.4 is 5.73 Å². The molecule has 0 atom stereocenters. The summed E-state index contributed by atoms with van der Waals surface area (Å²) in [5, 5.41) is 0. The third kappa shape index (κ3) is 4.55. The minimum absolute atomic E-state index is 0.220. The monoisotopic (exact) mass is 193 g/mol. The molecule has 0 saturated carbocycles. The third-order valence-electron chi connectivity index (χ3n) is 2.01. The lowest BCUT2D eigenvalue weighted by Gasteiger charge is -2.31. The number of halogens is 2. The number of nitrogens with two attached hydrogens (primary N) is 1. The van der Waals surface area contributed by atoms with Crippen molar-refractivity contribution in [1.29, 1.82) is 0 Å². The van der Waals surface area contributed by atoms with Crippen molar-refractivity contribution in [3.05, 3.63) is 0 Å². The Kier molecular flexibility index (Phi) is 4.82. The second kappa shape index (κ2) is 4.89. The minimum atomic E-state index is -2.42. The molecule has 80 valence electrons. The van der Waals surface area contributed by atoms with Crippen LogP contribution in [0.15, 0.2) is 0 Å². The molecule has 0 heterocycles. The molecular formula is C10H21F2N. The lowest BCUT2D eigenvalue weighted by atomic mass is 9.83. The fourth-order valence-corrected chi connectivity index (χ4v) is 1.78. The van der Waals surface area contributed by atoms with Crippen molar-refractivity contribution in [2.75, 3.05) is 0 Å². The Labute approximate surface area is 79.7 Å². The van der Waals surface area contributed by atoms with Gasteiger partial charge < -0.3 is 5.73 Å². The Morgan fingerprint density at radius 2 is 1.31 bits per heavy atom. The standard InChI is InChI=1S/C10H21F2N/c1-7(2)5-10(13,9(11)12)6-8(3)4/h7-9H,5-6,13H2,1-4H3. The minimum Gasteiger partial charge on any atom is -0.320 e. The molecule has 1 nitrogen and oxygen atoms in total. The zero-order valence-electron chi connectivity index (χ0n) is 8.98. The van der Waals surface area contributed by atoms with Crippen molar-refractivity contribution in [2.45, 2.75) is 52.5 Å². The van der Waals surface area contributed by atoms with Gasteiger partial charge in [-0.2, -0.15) is 0 Å². The van der Waals surface area contributed by atoms with Crippen LogP contribution in [0.3, 0.4) is 0 Å². The van der Waals surface area contributed by atoms with Gasteiger partial charge in [0.2, 0.25) is 0 Å². The molecule has 0 amide bonds. The van der Waals surface area contributed by atoms with Gasteiger partial charge in [-0.25, -0.2) is 8.78 Å². The SMILES string of the molecule is CC(C)CC(N)(CC(C)C)C(F)F. The summed E-state index contributed by atoms with van der Waals surface area (Å²) in [5.74, 6) is 0.440. The van der Waals surface area contributed by atoms with E-state index < -0.39 is 12.0 Å². The van der Waals surface area contributed by atoms with Crippen LogP contribution in [0.1, 0.15) is 40.5 Å². The van der Waals surface area contributed by atoms with Crippen LogP contribution in [0.25, 0.3) is 0 Å². The fourth-order valence-electron chi connectivity index (χ4n) is 1.78. The van der Waals surface area contributed by atoms with Crippen LogP contribution >= 0.6 is 0 Å². The topological polar surface area (TPSA) is 26.0 Å². The molecule has 13 heavy (non-hydrogen) atoms. The highest BCUT2D eigenvalue weighted by atomic mass is 19.3. The molecule has 0 bridgehead atoms. The van der Waals surface area contributed by atoms with Crippen molar-refractivity contribution in [1.82, 2.24) is 0 Å². The first-order valence-corrected chi connectivity index (χ1v) is 4.85. The van der Waals surface area contributed by atoms with Gasteiger partial charge in [0, 0.05) is 0 Å². The molecule has 3 heteroatoms. The highest BCUT2D eigenvalue weighted by molar-refractivity contribution is 4.88. The van der Waals surface area contributed by atoms with E-state index in [4.69, 9.17) is 5.73 Å².